The number of nitrogens with one attached hydrogen (secondary N) is 1. The third-order valence-electron chi connectivity index (χ3n) is 3.06. The molecule has 0 atom stereocenters. The predicted molar refractivity (Wildman–Crippen MR) is 62.0 cm³/mol. The largest absolute Gasteiger partial charge is 0.381 e. The Kier molecular flexibility index (Phi) is 4.11. The maximum absolute atomic E-state index is 5.35. The Bertz CT molecular complexity index is 268. The van der Waals surface area contributed by atoms with Gasteiger partial charge in [0.05, 0.1) is 11.6 Å². The molecule has 0 radical (unpaired) electrons. The van der Waals surface area contributed by atoms with E-state index in [0.29, 0.717) is 12.1 Å². The average Bonchev–Trinajstić information content (AvgIpc) is 2.80. The molecule has 0 spiro atoms. The molecule has 0 amide bonds. The van der Waals surface area contributed by atoms with Crippen molar-refractivity contribution in [1.29, 1.82) is 0 Å². The van der Waals surface area contributed by atoms with Gasteiger partial charge in [0, 0.05) is 30.8 Å². The molecule has 0 unspecified atom stereocenters. The number of rotatable bonds is 4. The Balaban J connectivity index is 1.69. The first kappa shape index (κ1) is 11.0. The fraction of sp³-hybridized carbons (Fsp3) is 0.727. The van der Waals surface area contributed by atoms with Crippen molar-refractivity contribution in [3.8, 4) is 0 Å². The van der Waals surface area contributed by atoms with Crippen molar-refractivity contribution in [3.63, 3.8) is 0 Å². The van der Waals surface area contributed by atoms with Gasteiger partial charge in [0.25, 0.3) is 0 Å². The molecular formula is C11H18N2OS. The second-order valence-electron chi connectivity index (χ2n) is 4.06. The molecule has 0 aliphatic heterocycles. The lowest BCUT2D eigenvalue weighted by atomic mass is 9.93. The summed E-state index contributed by atoms with van der Waals surface area (Å²) in [4.78, 5) is 5.39. The molecule has 1 N–H and O–H groups in total. The third-order valence-corrected chi connectivity index (χ3v) is 3.84. The third kappa shape index (κ3) is 3.26. The molecule has 15 heavy (non-hydrogen) atoms. The normalized spacial score (nSPS) is 26.7. The molecule has 0 bridgehead atoms. The van der Waals surface area contributed by atoms with Crippen LogP contribution in [-0.4, -0.2) is 24.2 Å². The molecular weight excluding hydrogens is 208 g/mol. The maximum atomic E-state index is 5.35. The number of methoxy groups -OCH3 is 1. The highest BCUT2D eigenvalue weighted by Gasteiger charge is 2.20. The topological polar surface area (TPSA) is 34.1 Å². The zero-order chi connectivity index (χ0) is 10.5. The van der Waals surface area contributed by atoms with Crippen molar-refractivity contribution < 1.29 is 4.74 Å². The van der Waals surface area contributed by atoms with Gasteiger partial charge < -0.3 is 10.1 Å². The standard InChI is InChI=1S/C11H18N2OS/c1-14-10-4-2-9(3-5-10)13-7-11-6-12-8-15-11/h6,8-10,13H,2-5,7H2,1H3. The average molecular weight is 226 g/mol. The molecule has 1 aromatic rings. The maximum Gasteiger partial charge on any atom is 0.0794 e. The summed E-state index contributed by atoms with van der Waals surface area (Å²) in [6, 6.07) is 0.665. The number of nitrogens with zero attached hydrogens (tertiary/aromatic N) is 1. The first-order chi connectivity index (χ1) is 7.38. The van der Waals surface area contributed by atoms with E-state index in [-0.39, 0.29) is 0 Å². The van der Waals surface area contributed by atoms with E-state index in [1.54, 1.807) is 11.3 Å². The van der Waals surface area contributed by atoms with Crippen LogP contribution in [0.4, 0.5) is 0 Å². The molecule has 1 aromatic heterocycles. The van der Waals surface area contributed by atoms with Crippen LogP contribution in [0.25, 0.3) is 0 Å². The Labute approximate surface area is 94.9 Å². The minimum Gasteiger partial charge on any atom is -0.381 e. The molecule has 1 saturated carbocycles. The highest BCUT2D eigenvalue weighted by Crippen LogP contribution is 2.21. The fourth-order valence-corrected chi connectivity index (χ4v) is 2.62. The molecule has 2 rings (SSSR count). The van der Waals surface area contributed by atoms with E-state index in [4.69, 9.17) is 4.74 Å². The van der Waals surface area contributed by atoms with E-state index < -0.39 is 0 Å². The van der Waals surface area contributed by atoms with Gasteiger partial charge in [-0.15, -0.1) is 11.3 Å². The van der Waals surface area contributed by atoms with Gasteiger partial charge >= 0.3 is 0 Å². The molecule has 1 aliphatic rings. The van der Waals surface area contributed by atoms with Crippen molar-refractivity contribution in [1.82, 2.24) is 10.3 Å². The van der Waals surface area contributed by atoms with Crippen LogP contribution in [0.3, 0.4) is 0 Å². The van der Waals surface area contributed by atoms with Gasteiger partial charge in [-0.2, -0.15) is 0 Å². The van der Waals surface area contributed by atoms with Crippen molar-refractivity contribution >= 4 is 11.3 Å². The number of aromatic nitrogens is 1. The van der Waals surface area contributed by atoms with E-state index >= 15 is 0 Å². The number of hydrogen-bond acceptors (Lipinski definition) is 4. The van der Waals surface area contributed by atoms with E-state index in [2.05, 4.69) is 10.3 Å². The van der Waals surface area contributed by atoms with Crippen LogP contribution in [0.15, 0.2) is 11.7 Å². The van der Waals surface area contributed by atoms with E-state index in [1.165, 1.54) is 30.6 Å². The Morgan fingerprint density at radius 1 is 1.47 bits per heavy atom. The summed E-state index contributed by atoms with van der Waals surface area (Å²) in [7, 11) is 1.82. The smallest absolute Gasteiger partial charge is 0.0794 e. The van der Waals surface area contributed by atoms with Gasteiger partial charge in [0.2, 0.25) is 0 Å². The summed E-state index contributed by atoms with van der Waals surface area (Å²) in [5.74, 6) is 0. The molecule has 84 valence electrons. The lowest BCUT2D eigenvalue weighted by Gasteiger charge is -2.28. The van der Waals surface area contributed by atoms with Crippen molar-refractivity contribution in [2.45, 2.75) is 44.4 Å². The van der Waals surface area contributed by atoms with E-state index in [1.807, 2.05) is 18.8 Å². The number of hydrogen-bond donors (Lipinski definition) is 1. The summed E-state index contributed by atoms with van der Waals surface area (Å²) < 4.78 is 5.35. The molecule has 4 heteroatoms. The van der Waals surface area contributed by atoms with Gasteiger partial charge in [-0.1, -0.05) is 0 Å². The molecule has 1 fully saturated rings. The quantitative estimate of drug-likeness (QED) is 0.854. The van der Waals surface area contributed by atoms with E-state index in [9.17, 15) is 0 Å². The highest BCUT2D eigenvalue weighted by atomic mass is 32.1. The predicted octanol–water partition coefficient (Wildman–Crippen LogP) is 2.19. The molecule has 1 aliphatic carbocycles. The van der Waals surface area contributed by atoms with E-state index in [0.717, 1.165) is 6.54 Å². The van der Waals surface area contributed by atoms with Gasteiger partial charge in [0.15, 0.2) is 0 Å². The molecule has 3 nitrogen and oxygen atoms in total. The van der Waals surface area contributed by atoms with Crippen molar-refractivity contribution in [2.75, 3.05) is 7.11 Å². The fourth-order valence-electron chi connectivity index (χ4n) is 2.08. The monoisotopic (exact) mass is 226 g/mol. The highest BCUT2D eigenvalue weighted by molar-refractivity contribution is 7.09. The molecule has 0 saturated heterocycles. The minimum atomic E-state index is 0.492. The van der Waals surface area contributed by atoms with Gasteiger partial charge in [-0.25, -0.2) is 0 Å². The van der Waals surface area contributed by atoms with Gasteiger partial charge in [-0.3, -0.25) is 4.98 Å². The van der Waals surface area contributed by atoms with Crippen molar-refractivity contribution in [2.24, 2.45) is 0 Å². The lowest BCUT2D eigenvalue weighted by molar-refractivity contribution is 0.0624. The summed E-state index contributed by atoms with van der Waals surface area (Å²) in [5, 5.41) is 3.58. The minimum absolute atomic E-state index is 0.492. The summed E-state index contributed by atoms with van der Waals surface area (Å²) in [6.07, 6.45) is 7.28. The second-order valence-corrected chi connectivity index (χ2v) is 5.03. The van der Waals surface area contributed by atoms with Crippen LogP contribution in [-0.2, 0) is 11.3 Å². The summed E-state index contributed by atoms with van der Waals surface area (Å²) >= 11 is 1.72. The summed E-state index contributed by atoms with van der Waals surface area (Å²) in [5.41, 5.74) is 1.89. The van der Waals surface area contributed by atoms with Gasteiger partial charge in [0.1, 0.15) is 0 Å². The van der Waals surface area contributed by atoms with Crippen LogP contribution in [0.2, 0.25) is 0 Å². The van der Waals surface area contributed by atoms with Crippen LogP contribution in [0.5, 0.6) is 0 Å². The molecule has 1 heterocycles. The summed E-state index contributed by atoms with van der Waals surface area (Å²) in [6.45, 7) is 0.965. The SMILES string of the molecule is COC1CCC(NCc2cncs2)CC1. The Morgan fingerprint density at radius 2 is 2.27 bits per heavy atom. The Morgan fingerprint density at radius 3 is 2.87 bits per heavy atom. The zero-order valence-electron chi connectivity index (χ0n) is 9.11. The van der Waals surface area contributed by atoms with Crippen molar-refractivity contribution in [3.05, 3.63) is 16.6 Å². The Hall–Kier alpha value is -0.450. The first-order valence-electron chi connectivity index (χ1n) is 5.52. The number of thiazole rings is 1. The number of ether oxygens (including phenoxy) is 1. The van der Waals surface area contributed by atoms with Crippen LogP contribution >= 0.6 is 11.3 Å². The van der Waals surface area contributed by atoms with Gasteiger partial charge in [-0.05, 0) is 25.7 Å². The zero-order valence-corrected chi connectivity index (χ0v) is 9.93. The molecule has 0 aromatic carbocycles. The lowest BCUT2D eigenvalue weighted by Crippen LogP contribution is -2.34. The van der Waals surface area contributed by atoms with Crippen LogP contribution < -0.4 is 5.32 Å². The van der Waals surface area contributed by atoms with Crippen LogP contribution in [0.1, 0.15) is 30.6 Å². The first-order valence-corrected chi connectivity index (χ1v) is 6.40. The second kappa shape index (κ2) is 5.58. The van der Waals surface area contributed by atoms with Crippen LogP contribution in [0, 0.1) is 0 Å².